The zero-order chi connectivity index (χ0) is 10.3. The fourth-order valence-electron chi connectivity index (χ4n) is 0.696. The summed E-state index contributed by atoms with van der Waals surface area (Å²) in [5, 5.41) is -3.65. The molecule has 0 fully saturated rings. The minimum atomic E-state index is -3.65. The van der Waals surface area contributed by atoms with Gasteiger partial charge >= 0.3 is 34.8 Å². The van der Waals surface area contributed by atoms with Gasteiger partial charge in [0.2, 0.25) is 11.1 Å². The molecular formula is C7H15F2NaO3S. The maximum absolute atomic E-state index is 12.4. The van der Waals surface area contributed by atoms with Crippen molar-refractivity contribution in [3.8, 4) is 0 Å². The van der Waals surface area contributed by atoms with E-state index in [0.717, 1.165) is 12.8 Å². The Hall–Kier alpha value is 0.930. The van der Waals surface area contributed by atoms with Crippen LogP contribution >= 0.6 is 0 Å². The van der Waals surface area contributed by atoms with Gasteiger partial charge in [0.25, 0.3) is 0 Å². The second kappa shape index (κ2) is 9.18. The van der Waals surface area contributed by atoms with Crippen molar-refractivity contribution < 1.29 is 53.3 Å². The van der Waals surface area contributed by atoms with Crippen LogP contribution in [0.5, 0.6) is 0 Å². The number of unbranched alkanes of at least 4 members (excludes halogenated alkanes) is 2. The third-order valence-corrected chi connectivity index (χ3v) is 2.05. The van der Waals surface area contributed by atoms with Crippen LogP contribution in [0.1, 0.15) is 27.6 Å². The summed E-state index contributed by atoms with van der Waals surface area (Å²) < 4.78 is 47.5. The Morgan fingerprint density at radius 3 is 2.50 bits per heavy atom. The zero-order valence-electron chi connectivity index (χ0n) is 9.46. The van der Waals surface area contributed by atoms with Crippen LogP contribution < -0.4 is 29.6 Å². The van der Waals surface area contributed by atoms with Crippen molar-refractivity contribution >= 4 is 11.1 Å². The molecule has 82 valence electrons. The molecule has 0 aliphatic rings. The summed E-state index contributed by atoms with van der Waals surface area (Å²) in [5.74, 6) is 0. The van der Waals surface area contributed by atoms with Crippen molar-refractivity contribution in [2.24, 2.45) is 0 Å². The van der Waals surface area contributed by atoms with Gasteiger partial charge in [-0.3, -0.25) is 0 Å². The van der Waals surface area contributed by atoms with E-state index in [0.29, 0.717) is 6.42 Å². The second-order valence-corrected chi connectivity index (χ2v) is 3.74. The predicted octanol–water partition coefficient (Wildman–Crippen LogP) is -0.876. The average Bonchev–Trinajstić information content (AvgIpc) is 2.03. The molecule has 0 aliphatic heterocycles. The fourth-order valence-corrected chi connectivity index (χ4v) is 0.880. The van der Waals surface area contributed by atoms with E-state index in [1.54, 1.807) is 0 Å². The topological polar surface area (TPSA) is 46.5 Å². The van der Waals surface area contributed by atoms with Crippen LogP contribution in [0.15, 0.2) is 0 Å². The molecule has 0 spiro atoms. The molecule has 0 aliphatic carbocycles. The second-order valence-electron chi connectivity index (χ2n) is 2.65. The van der Waals surface area contributed by atoms with Gasteiger partial charge in [-0.05, 0) is 6.42 Å². The standard InChI is InChI=1S/C7H14F2O3S.Na.H/c1-2-3-4-5-12-6-7(8,9)13(10)11;;/h2-6H2,1H3,(H,10,11);;/q;+1;-1. The Bertz CT molecular complexity index is 174. The van der Waals surface area contributed by atoms with Gasteiger partial charge in [-0.25, -0.2) is 4.21 Å². The molecule has 0 aromatic carbocycles. The van der Waals surface area contributed by atoms with Crippen molar-refractivity contribution in [2.75, 3.05) is 13.2 Å². The van der Waals surface area contributed by atoms with Crippen LogP contribution in [0, 0.1) is 0 Å². The smallest absolute Gasteiger partial charge is 1.00 e. The van der Waals surface area contributed by atoms with Crippen LogP contribution in [0.2, 0.25) is 0 Å². The molecule has 14 heavy (non-hydrogen) atoms. The molecule has 1 atom stereocenters. The first-order valence-corrected chi connectivity index (χ1v) is 5.18. The third-order valence-electron chi connectivity index (χ3n) is 1.42. The summed E-state index contributed by atoms with van der Waals surface area (Å²) in [5.41, 5.74) is 0. The van der Waals surface area contributed by atoms with Crippen LogP contribution in [0.25, 0.3) is 0 Å². The average molecular weight is 240 g/mol. The molecule has 0 saturated carbocycles. The van der Waals surface area contributed by atoms with Gasteiger partial charge < -0.3 is 10.7 Å². The number of alkyl halides is 2. The number of hydrogen-bond donors (Lipinski definition) is 1. The van der Waals surface area contributed by atoms with Gasteiger partial charge in [0.1, 0.15) is 6.61 Å². The summed E-state index contributed by atoms with van der Waals surface area (Å²) in [6, 6.07) is 0. The van der Waals surface area contributed by atoms with Crippen molar-refractivity contribution in [3.63, 3.8) is 0 Å². The van der Waals surface area contributed by atoms with Gasteiger partial charge in [0, 0.05) is 6.61 Å². The van der Waals surface area contributed by atoms with E-state index in [1.165, 1.54) is 0 Å². The molecule has 3 nitrogen and oxygen atoms in total. The molecule has 0 heterocycles. The maximum atomic E-state index is 12.4. The minimum Gasteiger partial charge on any atom is -1.00 e. The van der Waals surface area contributed by atoms with Gasteiger partial charge in [-0.2, -0.15) is 8.78 Å². The van der Waals surface area contributed by atoms with Crippen molar-refractivity contribution in [1.29, 1.82) is 0 Å². The molecule has 0 radical (unpaired) electrons. The third kappa shape index (κ3) is 8.26. The molecule has 1 unspecified atom stereocenters. The summed E-state index contributed by atoms with van der Waals surface area (Å²) >= 11 is -3.14. The monoisotopic (exact) mass is 240 g/mol. The Balaban J connectivity index is -0.000000720. The zero-order valence-corrected chi connectivity index (χ0v) is 11.3. The largest absolute Gasteiger partial charge is 1.00 e. The summed E-state index contributed by atoms with van der Waals surface area (Å²) in [4.78, 5) is 0. The fraction of sp³-hybridized carbons (Fsp3) is 1.00. The number of hydrogen-bond acceptors (Lipinski definition) is 2. The summed E-state index contributed by atoms with van der Waals surface area (Å²) in [6.45, 7) is 1.21. The van der Waals surface area contributed by atoms with Gasteiger partial charge in [0.15, 0.2) is 0 Å². The first kappa shape index (κ1) is 17.3. The predicted molar refractivity (Wildman–Crippen MR) is 47.2 cm³/mol. The van der Waals surface area contributed by atoms with E-state index < -0.39 is 22.9 Å². The van der Waals surface area contributed by atoms with E-state index in [4.69, 9.17) is 4.55 Å². The van der Waals surface area contributed by atoms with Crippen LogP contribution in [-0.2, 0) is 15.8 Å². The molecule has 7 heteroatoms. The quantitative estimate of drug-likeness (QED) is 0.357. The van der Waals surface area contributed by atoms with Crippen LogP contribution in [0.4, 0.5) is 8.78 Å². The maximum Gasteiger partial charge on any atom is 1.00 e. The molecule has 0 amide bonds. The Morgan fingerprint density at radius 1 is 1.50 bits per heavy atom. The van der Waals surface area contributed by atoms with Gasteiger partial charge in [0.05, 0.1) is 0 Å². The van der Waals surface area contributed by atoms with Crippen molar-refractivity contribution in [2.45, 2.75) is 31.4 Å². The molecule has 0 rings (SSSR count). The Morgan fingerprint density at radius 2 is 2.07 bits per heavy atom. The number of rotatable bonds is 7. The van der Waals surface area contributed by atoms with Gasteiger partial charge in [-0.1, -0.05) is 19.8 Å². The van der Waals surface area contributed by atoms with E-state index in [-0.39, 0.29) is 37.6 Å². The van der Waals surface area contributed by atoms with Crippen molar-refractivity contribution in [1.82, 2.24) is 0 Å². The van der Waals surface area contributed by atoms with Crippen LogP contribution in [0.3, 0.4) is 0 Å². The molecular weight excluding hydrogens is 225 g/mol. The first-order valence-electron chi connectivity index (χ1n) is 4.07. The van der Waals surface area contributed by atoms with Gasteiger partial charge in [-0.15, -0.1) is 0 Å². The van der Waals surface area contributed by atoms with E-state index >= 15 is 0 Å². The molecule has 0 bridgehead atoms. The Labute approximate surface area is 109 Å². The summed E-state index contributed by atoms with van der Waals surface area (Å²) in [6.07, 6.45) is 2.59. The number of halogens is 2. The molecule has 0 saturated heterocycles. The van der Waals surface area contributed by atoms with E-state index in [2.05, 4.69) is 4.74 Å². The van der Waals surface area contributed by atoms with E-state index in [1.807, 2.05) is 6.92 Å². The Kier molecular flexibility index (Phi) is 11.4. The summed E-state index contributed by atoms with van der Waals surface area (Å²) in [7, 11) is 0. The molecule has 0 aromatic rings. The SMILES string of the molecule is CCCCCOCC(F)(F)S(=O)O.[H-].[Na+]. The molecule has 0 aromatic heterocycles. The normalized spacial score (nSPS) is 13.4. The number of ether oxygens (including phenoxy) is 1. The molecule has 1 N–H and O–H groups in total. The van der Waals surface area contributed by atoms with Crippen molar-refractivity contribution in [3.05, 3.63) is 0 Å². The van der Waals surface area contributed by atoms with Crippen LogP contribution in [-0.4, -0.2) is 27.2 Å². The van der Waals surface area contributed by atoms with E-state index in [9.17, 15) is 13.0 Å². The minimum absolute atomic E-state index is 0. The first-order chi connectivity index (χ1) is 6.00.